The molecule has 0 spiro atoms. The standard InChI is InChI=1S/C24H18N6O3/c1-13-10-18(15(3)32-13)20-11-19(22-14(2)29-33-24(22)27-20)23(31)28-21-8-9-26-30(21)17-6-4-16(12-25)5-7-17/h4-11H,1-3H3,(H,28,31). The number of aromatic nitrogens is 4. The largest absolute Gasteiger partial charge is 0.466 e. The summed E-state index contributed by atoms with van der Waals surface area (Å²) in [6.45, 7) is 5.46. The zero-order valence-electron chi connectivity index (χ0n) is 18.1. The van der Waals surface area contributed by atoms with Crippen LogP contribution >= 0.6 is 0 Å². The Morgan fingerprint density at radius 3 is 2.61 bits per heavy atom. The topological polar surface area (TPSA) is 123 Å². The minimum absolute atomic E-state index is 0.272. The fourth-order valence-electron chi connectivity index (χ4n) is 3.76. The zero-order chi connectivity index (χ0) is 23.1. The predicted molar refractivity (Wildman–Crippen MR) is 120 cm³/mol. The van der Waals surface area contributed by atoms with Crippen LogP contribution in [0.25, 0.3) is 28.0 Å². The van der Waals surface area contributed by atoms with Crippen LogP contribution < -0.4 is 5.32 Å². The van der Waals surface area contributed by atoms with Crippen LogP contribution in [0.3, 0.4) is 0 Å². The van der Waals surface area contributed by atoms with Gasteiger partial charge in [0.05, 0.1) is 45.9 Å². The van der Waals surface area contributed by atoms with Crippen molar-refractivity contribution in [3.63, 3.8) is 0 Å². The Kier molecular flexibility index (Phi) is 4.75. The zero-order valence-corrected chi connectivity index (χ0v) is 18.1. The average molecular weight is 438 g/mol. The first-order valence-electron chi connectivity index (χ1n) is 10.1. The molecular weight excluding hydrogens is 420 g/mol. The van der Waals surface area contributed by atoms with Crippen LogP contribution in [0, 0.1) is 32.1 Å². The highest BCUT2D eigenvalue weighted by molar-refractivity contribution is 6.12. The number of nitrogens with one attached hydrogen (secondary N) is 1. The van der Waals surface area contributed by atoms with E-state index in [0.29, 0.717) is 45.2 Å². The number of nitrogens with zero attached hydrogens (tertiary/aromatic N) is 5. The molecule has 4 heterocycles. The molecule has 5 aromatic rings. The summed E-state index contributed by atoms with van der Waals surface area (Å²) in [5.74, 6) is 1.56. The van der Waals surface area contributed by atoms with Gasteiger partial charge in [0.15, 0.2) is 0 Å². The maximum absolute atomic E-state index is 13.4. The minimum atomic E-state index is -0.358. The van der Waals surface area contributed by atoms with Gasteiger partial charge in [0.1, 0.15) is 17.3 Å². The van der Waals surface area contributed by atoms with E-state index in [2.05, 4.69) is 26.6 Å². The highest BCUT2D eigenvalue weighted by Crippen LogP contribution is 2.31. The number of carbonyl (C=O) groups excluding carboxylic acids is 1. The van der Waals surface area contributed by atoms with Gasteiger partial charge in [-0.1, -0.05) is 5.16 Å². The molecule has 4 aromatic heterocycles. The van der Waals surface area contributed by atoms with Gasteiger partial charge in [-0.2, -0.15) is 10.4 Å². The van der Waals surface area contributed by atoms with Crippen LogP contribution in [0.15, 0.2) is 57.6 Å². The maximum Gasteiger partial charge on any atom is 0.259 e. The lowest BCUT2D eigenvalue weighted by atomic mass is 10.1. The molecule has 0 radical (unpaired) electrons. The lowest BCUT2D eigenvalue weighted by molar-refractivity contribution is 0.102. The minimum Gasteiger partial charge on any atom is -0.466 e. The van der Waals surface area contributed by atoms with Gasteiger partial charge in [0.25, 0.3) is 11.6 Å². The van der Waals surface area contributed by atoms with E-state index in [-0.39, 0.29) is 11.6 Å². The summed E-state index contributed by atoms with van der Waals surface area (Å²) in [4.78, 5) is 18.0. The van der Waals surface area contributed by atoms with Crippen LogP contribution in [0.5, 0.6) is 0 Å². The van der Waals surface area contributed by atoms with Crippen LogP contribution in [-0.2, 0) is 0 Å². The Morgan fingerprint density at radius 1 is 1.12 bits per heavy atom. The molecule has 0 atom stereocenters. The summed E-state index contributed by atoms with van der Waals surface area (Å²) < 4.78 is 12.6. The van der Waals surface area contributed by atoms with Crippen molar-refractivity contribution in [2.75, 3.05) is 5.32 Å². The second-order valence-electron chi connectivity index (χ2n) is 7.57. The Labute approximate surface area is 188 Å². The number of rotatable bonds is 4. The molecule has 0 aliphatic heterocycles. The molecule has 0 fully saturated rings. The second-order valence-corrected chi connectivity index (χ2v) is 7.57. The van der Waals surface area contributed by atoms with Crippen LogP contribution in [0.2, 0.25) is 0 Å². The Morgan fingerprint density at radius 2 is 1.91 bits per heavy atom. The van der Waals surface area contributed by atoms with Gasteiger partial charge < -0.3 is 14.3 Å². The average Bonchev–Trinajstić information content (AvgIpc) is 3.52. The number of hydrogen-bond donors (Lipinski definition) is 1. The van der Waals surface area contributed by atoms with Gasteiger partial charge in [-0.3, -0.25) is 4.79 Å². The molecule has 9 nitrogen and oxygen atoms in total. The van der Waals surface area contributed by atoms with Gasteiger partial charge in [0, 0.05) is 11.6 Å². The number of fused-ring (bicyclic) bond motifs is 1. The molecule has 0 unspecified atom stereocenters. The van der Waals surface area contributed by atoms with E-state index in [9.17, 15) is 4.79 Å². The molecule has 162 valence electrons. The third kappa shape index (κ3) is 3.53. The SMILES string of the molecule is Cc1cc(-c2cc(C(=O)Nc3ccnn3-c3ccc(C#N)cc3)c3c(C)noc3n2)c(C)o1. The van der Waals surface area contributed by atoms with E-state index >= 15 is 0 Å². The summed E-state index contributed by atoms with van der Waals surface area (Å²) in [6.07, 6.45) is 1.59. The van der Waals surface area contributed by atoms with Crippen molar-refractivity contribution < 1.29 is 13.7 Å². The first-order valence-corrected chi connectivity index (χ1v) is 10.1. The number of benzene rings is 1. The van der Waals surface area contributed by atoms with Crippen LogP contribution in [-0.4, -0.2) is 25.8 Å². The summed E-state index contributed by atoms with van der Waals surface area (Å²) in [7, 11) is 0. The van der Waals surface area contributed by atoms with E-state index in [1.807, 2.05) is 19.9 Å². The van der Waals surface area contributed by atoms with Crippen molar-refractivity contribution in [1.29, 1.82) is 5.26 Å². The maximum atomic E-state index is 13.4. The molecule has 0 aliphatic rings. The molecule has 0 aliphatic carbocycles. The lowest BCUT2D eigenvalue weighted by Gasteiger charge is -2.10. The van der Waals surface area contributed by atoms with Crippen molar-refractivity contribution in [3.05, 3.63) is 77.0 Å². The first kappa shape index (κ1) is 20.2. The van der Waals surface area contributed by atoms with Gasteiger partial charge in [-0.15, -0.1) is 0 Å². The predicted octanol–water partition coefficient (Wildman–Crippen LogP) is 4.72. The first-order chi connectivity index (χ1) is 15.9. The highest BCUT2D eigenvalue weighted by atomic mass is 16.5. The monoisotopic (exact) mass is 438 g/mol. The molecule has 1 amide bonds. The molecule has 0 bridgehead atoms. The summed E-state index contributed by atoms with van der Waals surface area (Å²) >= 11 is 0. The van der Waals surface area contributed by atoms with E-state index in [0.717, 1.165) is 11.3 Å². The third-order valence-corrected chi connectivity index (χ3v) is 5.30. The number of hydrogen-bond acceptors (Lipinski definition) is 7. The normalized spacial score (nSPS) is 11.0. The number of amides is 1. The molecule has 33 heavy (non-hydrogen) atoms. The molecule has 0 saturated carbocycles. The number of anilines is 1. The van der Waals surface area contributed by atoms with Gasteiger partial charge >= 0.3 is 0 Å². The van der Waals surface area contributed by atoms with E-state index < -0.39 is 0 Å². The number of furan rings is 1. The molecule has 5 rings (SSSR count). The van der Waals surface area contributed by atoms with Crippen molar-refractivity contribution in [1.82, 2.24) is 19.9 Å². The number of nitriles is 1. The molecular formula is C24H18N6O3. The van der Waals surface area contributed by atoms with Crippen molar-refractivity contribution in [2.45, 2.75) is 20.8 Å². The smallest absolute Gasteiger partial charge is 0.259 e. The molecule has 1 aromatic carbocycles. The molecule has 1 N–H and O–H groups in total. The molecule has 9 heteroatoms. The summed E-state index contributed by atoms with van der Waals surface area (Å²) in [5, 5.41) is 20.8. The van der Waals surface area contributed by atoms with E-state index in [1.165, 1.54) is 0 Å². The van der Waals surface area contributed by atoms with Crippen LogP contribution in [0.1, 0.15) is 33.1 Å². The van der Waals surface area contributed by atoms with Gasteiger partial charge in [-0.05, 0) is 57.2 Å². The molecule has 0 saturated heterocycles. The van der Waals surface area contributed by atoms with Crippen molar-refractivity contribution in [3.8, 4) is 23.0 Å². The van der Waals surface area contributed by atoms with Crippen LogP contribution in [0.4, 0.5) is 5.82 Å². The van der Waals surface area contributed by atoms with Crippen molar-refractivity contribution >= 4 is 22.8 Å². The third-order valence-electron chi connectivity index (χ3n) is 5.30. The van der Waals surface area contributed by atoms with E-state index in [1.54, 1.807) is 54.2 Å². The summed E-state index contributed by atoms with van der Waals surface area (Å²) in [6, 6.07) is 14.3. The summed E-state index contributed by atoms with van der Waals surface area (Å²) in [5.41, 5.74) is 3.79. The quantitative estimate of drug-likeness (QED) is 0.431. The fourth-order valence-corrected chi connectivity index (χ4v) is 3.76. The van der Waals surface area contributed by atoms with Crippen molar-refractivity contribution in [2.24, 2.45) is 0 Å². The van der Waals surface area contributed by atoms with Gasteiger partial charge in [-0.25, -0.2) is 9.67 Å². The second kappa shape index (κ2) is 7.76. The Bertz CT molecular complexity index is 1550. The highest BCUT2D eigenvalue weighted by Gasteiger charge is 2.22. The Balaban J connectivity index is 1.56. The fraction of sp³-hybridized carbons (Fsp3) is 0.125. The van der Waals surface area contributed by atoms with E-state index in [4.69, 9.17) is 14.2 Å². The number of carbonyl (C=O) groups is 1. The van der Waals surface area contributed by atoms with Gasteiger partial charge in [0.2, 0.25) is 0 Å². The number of pyridine rings is 1. The Hall–Kier alpha value is -4.71. The number of aryl methyl sites for hydroxylation is 3. The lowest BCUT2D eigenvalue weighted by Crippen LogP contribution is -2.16.